The van der Waals surface area contributed by atoms with E-state index in [-0.39, 0.29) is 5.41 Å². The van der Waals surface area contributed by atoms with Gasteiger partial charge in [0.25, 0.3) is 0 Å². The number of nitrogens with zero attached hydrogens (tertiary/aromatic N) is 1. The average Bonchev–Trinajstić information content (AvgIpc) is 3.99. The molecule has 1 aromatic heterocycles. The van der Waals surface area contributed by atoms with Gasteiger partial charge in [-0.05, 0) is 109 Å². The Morgan fingerprint density at radius 1 is 0.364 bits per heavy atom. The molecule has 11 aromatic rings. The molecule has 0 aliphatic heterocycles. The van der Waals surface area contributed by atoms with Crippen LogP contribution in [0.3, 0.4) is 0 Å². The molecule has 0 amide bonds. The Morgan fingerprint density at radius 3 is 1.74 bits per heavy atom. The van der Waals surface area contributed by atoms with E-state index in [9.17, 15) is 0 Å². The first kappa shape index (κ1) is 38.3. The smallest absolute Gasteiger partial charge is 0.143 e. The molecule has 2 heteroatoms. The van der Waals surface area contributed by atoms with Gasteiger partial charge in [0.15, 0.2) is 0 Å². The van der Waals surface area contributed by atoms with Gasteiger partial charge in [0.1, 0.15) is 11.2 Å². The molecule has 0 spiro atoms. The van der Waals surface area contributed by atoms with Crippen molar-refractivity contribution in [2.75, 3.05) is 4.90 Å². The number of hydrogen-bond acceptors (Lipinski definition) is 2. The van der Waals surface area contributed by atoms with E-state index in [1.165, 1.54) is 66.8 Å². The zero-order valence-electron chi connectivity index (χ0n) is 36.9. The minimum absolute atomic E-state index is 0.0743. The van der Waals surface area contributed by atoms with E-state index >= 15 is 0 Å². The Hall–Kier alpha value is -8.20. The zero-order valence-corrected chi connectivity index (χ0v) is 36.9. The summed E-state index contributed by atoms with van der Waals surface area (Å²) in [6, 6.07) is 87.0. The first-order valence-corrected chi connectivity index (χ1v) is 23.0. The first-order valence-electron chi connectivity index (χ1n) is 23.0. The van der Waals surface area contributed by atoms with Gasteiger partial charge in [-0.25, -0.2) is 0 Å². The van der Waals surface area contributed by atoms with Crippen LogP contribution in [0.25, 0.3) is 66.4 Å². The second-order valence-electron chi connectivity index (χ2n) is 18.4. The summed E-state index contributed by atoms with van der Waals surface area (Å²) in [5.74, 6) is 0. The van der Waals surface area contributed by atoms with Crippen molar-refractivity contribution < 1.29 is 4.42 Å². The average molecular weight is 844 g/mol. The van der Waals surface area contributed by atoms with Crippen molar-refractivity contribution in [1.82, 2.24) is 0 Å². The highest BCUT2D eigenvalue weighted by Crippen LogP contribution is 2.60. The minimum atomic E-state index is -0.528. The number of furan rings is 1. The van der Waals surface area contributed by atoms with Crippen LogP contribution in [0, 0.1) is 0 Å². The fourth-order valence-corrected chi connectivity index (χ4v) is 11.6. The van der Waals surface area contributed by atoms with Gasteiger partial charge in [0.2, 0.25) is 0 Å². The molecule has 0 N–H and O–H groups in total. The molecule has 13 rings (SSSR count). The maximum atomic E-state index is 6.61. The molecular formula is C64H45NO. The van der Waals surface area contributed by atoms with Crippen LogP contribution in [0.5, 0.6) is 0 Å². The summed E-state index contributed by atoms with van der Waals surface area (Å²) in [7, 11) is 0. The lowest BCUT2D eigenvalue weighted by atomic mass is 9.68. The largest absolute Gasteiger partial charge is 0.455 e. The van der Waals surface area contributed by atoms with Gasteiger partial charge in [-0.1, -0.05) is 208 Å². The highest BCUT2D eigenvalue weighted by atomic mass is 16.3. The number of hydrogen-bond donors (Lipinski definition) is 0. The van der Waals surface area contributed by atoms with E-state index in [2.05, 4.69) is 249 Å². The Kier molecular flexibility index (Phi) is 8.51. The summed E-state index contributed by atoms with van der Waals surface area (Å²) in [4.78, 5) is 2.47. The molecule has 1 heterocycles. The number of benzene rings is 10. The van der Waals surface area contributed by atoms with Crippen LogP contribution in [-0.2, 0) is 10.8 Å². The number of para-hydroxylation sites is 2. The van der Waals surface area contributed by atoms with Crippen molar-refractivity contribution in [3.8, 4) is 44.5 Å². The second kappa shape index (κ2) is 14.7. The van der Waals surface area contributed by atoms with Gasteiger partial charge < -0.3 is 9.32 Å². The molecule has 2 nitrogen and oxygen atoms in total. The van der Waals surface area contributed by atoms with Crippen LogP contribution >= 0.6 is 0 Å². The third-order valence-corrected chi connectivity index (χ3v) is 14.6. The van der Waals surface area contributed by atoms with Crippen LogP contribution in [0.4, 0.5) is 17.1 Å². The van der Waals surface area contributed by atoms with E-state index in [4.69, 9.17) is 4.42 Å². The molecule has 0 bridgehead atoms. The topological polar surface area (TPSA) is 16.4 Å². The van der Waals surface area contributed by atoms with Crippen molar-refractivity contribution in [3.05, 3.63) is 270 Å². The summed E-state index contributed by atoms with van der Waals surface area (Å²) in [5.41, 5.74) is 22.0. The Balaban J connectivity index is 1.02. The van der Waals surface area contributed by atoms with E-state index in [1.54, 1.807) is 0 Å². The molecule has 0 radical (unpaired) electrons. The zero-order chi connectivity index (χ0) is 44.0. The highest BCUT2D eigenvalue weighted by molar-refractivity contribution is 6.10. The van der Waals surface area contributed by atoms with Crippen molar-refractivity contribution >= 4 is 39.0 Å². The summed E-state index contributed by atoms with van der Waals surface area (Å²) in [6.07, 6.45) is 0. The SMILES string of the molecule is CC1(C)c2ccccc2-c2ccc(-c3ccc(N(c4cccc(-c5cccc6c5oc5ccccc56)c4)c4cccc5c4-c4ccccc4C5(c4ccccc4)c4ccccc4)cc3)cc21. The van der Waals surface area contributed by atoms with Crippen LogP contribution in [-0.4, -0.2) is 0 Å². The minimum Gasteiger partial charge on any atom is -0.455 e. The molecule has 66 heavy (non-hydrogen) atoms. The lowest BCUT2D eigenvalue weighted by molar-refractivity contribution is 0.660. The molecule has 0 saturated carbocycles. The van der Waals surface area contributed by atoms with E-state index in [0.717, 1.165) is 50.1 Å². The van der Waals surface area contributed by atoms with Gasteiger partial charge >= 0.3 is 0 Å². The number of rotatable bonds is 7. The van der Waals surface area contributed by atoms with Crippen molar-refractivity contribution in [2.45, 2.75) is 24.7 Å². The van der Waals surface area contributed by atoms with Crippen LogP contribution in [0.2, 0.25) is 0 Å². The third kappa shape index (κ3) is 5.55. The van der Waals surface area contributed by atoms with E-state index < -0.39 is 5.41 Å². The molecule has 0 unspecified atom stereocenters. The lowest BCUT2D eigenvalue weighted by Crippen LogP contribution is -2.28. The molecule has 10 aromatic carbocycles. The predicted molar refractivity (Wildman–Crippen MR) is 274 cm³/mol. The Labute approximate surface area is 385 Å². The molecular weight excluding hydrogens is 799 g/mol. The highest BCUT2D eigenvalue weighted by Gasteiger charge is 2.47. The molecule has 0 fully saturated rings. The maximum absolute atomic E-state index is 6.61. The Bertz CT molecular complexity index is 3630. The van der Waals surface area contributed by atoms with Gasteiger partial charge in [-0.15, -0.1) is 0 Å². The summed E-state index contributed by atoms with van der Waals surface area (Å²) in [5, 5.41) is 2.25. The monoisotopic (exact) mass is 843 g/mol. The first-order chi connectivity index (χ1) is 32.5. The van der Waals surface area contributed by atoms with Crippen LogP contribution in [0.15, 0.2) is 241 Å². The molecule has 0 saturated heterocycles. The lowest BCUT2D eigenvalue weighted by Gasteiger charge is -2.34. The van der Waals surface area contributed by atoms with Crippen LogP contribution in [0.1, 0.15) is 47.2 Å². The molecule has 0 atom stereocenters. The number of fused-ring (bicyclic) bond motifs is 9. The fraction of sp³-hybridized carbons (Fsp3) is 0.0625. The van der Waals surface area contributed by atoms with Gasteiger partial charge in [0.05, 0.1) is 11.1 Å². The third-order valence-electron chi connectivity index (χ3n) is 14.6. The normalized spacial score (nSPS) is 13.8. The van der Waals surface area contributed by atoms with Crippen LogP contribution < -0.4 is 4.90 Å². The second-order valence-corrected chi connectivity index (χ2v) is 18.4. The molecule has 2 aliphatic rings. The number of anilines is 3. The summed E-state index contributed by atoms with van der Waals surface area (Å²) in [6.45, 7) is 4.71. The quantitative estimate of drug-likeness (QED) is 0.159. The fourth-order valence-electron chi connectivity index (χ4n) is 11.6. The van der Waals surface area contributed by atoms with Gasteiger partial charge in [-0.2, -0.15) is 0 Å². The van der Waals surface area contributed by atoms with Gasteiger partial charge in [0, 0.05) is 38.7 Å². The van der Waals surface area contributed by atoms with Crippen molar-refractivity contribution in [1.29, 1.82) is 0 Å². The summed E-state index contributed by atoms with van der Waals surface area (Å²) >= 11 is 0. The predicted octanol–water partition coefficient (Wildman–Crippen LogP) is 17.1. The van der Waals surface area contributed by atoms with E-state index in [1.807, 2.05) is 6.07 Å². The van der Waals surface area contributed by atoms with E-state index in [0.29, 0.717) is 0 Å². The molecule has 2 aliphatic carbocycles. The molecule has 312 valence electrons. The standard InChI is InChI=1S/C64H45NO/c1-63(2)55-29-12-9-24-50(55)51-39-36-43(41-58(51)63)42-34-37-47(38-35-42)65(48-23-15-18-44(40-48)49-27-16-28-53-52-25-11-14-33-60(52)66-62(49)53)59-32-17-31-57-61(59)54-26-10-13-30-56(54)64(57,45-19-5-3-6-20-45)46-21-7-4-8-22-46/h3-41H,1-2H3. The van der Waals surface area contributed by atoms with Crippen molar-refractivity contribution in [2.24, 2.45) is 0 Å². The maximum Gasteiger partial charge on any atom is 0.143 e. The summed E-state index contributed by atoms with van der Waals surface area (Å²) < 4.78 is 6.61. The van der Waals surface area contributed by atoms with Gasteiger partial charge in [-0.3, -0.25) is 0 Å². The Morgan fingerprint density at radius 2 is 0.955 bits per heavy atom. The van der Waals surface area contributed by atoms with Crippen molar-refractivity contribution in [3.63, 3.8) is 0 Å².